The molecule has 0 bridgehead atoms. The first-order valence-corrected chi connectivity index (χ1v) is 7.28. The summed E-state index contributed by atoms with van der Waals surface area (Å²) in [6, 6.07) is 6.49. The predicted octanol–water partition coefficient (Wildman–Crippen LogP) is 2.47. The highest BCUT2D eigenvalue weighted by Gasteiger charge is 2.11. The quantitative estimate of drug-likeness (QED) is 0.890. The Hall–Kier alpha value is -1.85. The molecule has 20 heavy (non-hydrogen) atoms. The summed E-state index contributed by atoms with van der Waals surface area (Å²) in [7, 11) is 0. The average molecular weight is 309 g/mol. The molecule has 1 aromatic carbocycles. The fourth-order valence-electron chi connectivity index (χ4n) is 1.71. The number of halogens is 1. The molecule has 104 valence electrons. The average Bonchev–Trinajstić information content (AvgIpc) is 2.92. The number of carbonyl (C=O) groups is 2. The lowest BCUT2D eigenvalue weighted by molar-refractivity contribution is 0.0954. The Labute approximate surface area is 125 Å². The van der Waals surface area contributed by atoms with Crippen LogP contribution in [0.4, 0.5) is 0 Å². The van der Waals surface area contributed by atoms with Crippen molar-refractivity contribution < 1.29 is 9.59 Å². The van der Waals surface area contributed by atoms with E-state index in [-0.39, 0.29) is 16.5 Å². The Balaban J connectivity index is 1.98. The van der Waals surface area contributed by atoms with Crippen LogP contribution in [0.1, 0.15) is 26.3 Å². The van der Waals surface area contributed by atoms with E-state index >= 15 is 0 Å². The minimum Gasteiger partial charge on any atom is -0.366 e. The molecule has 4 nitrogen and oxygen atoms in total. The topological polar surface area (TPSA) is 72.2 Å². The second-order valence-corrected chi connectivity index (χ2v) is 5.38. The van der Waals surface area contributed by atoms with Crippen molar-refractivity contribution in [1.29, 1.82) is 0 Å². The molecule has 0 aliphatic heterocycles. The van der Waals surface area contributed by atoms with Crippen LogP contribution >= 0.6 is 22.9 Å². The summed E-state index contributed by atoms with van der Waals surface area (Å²) in [5.74, 6) is -0.901. The van der Waals surface area contributed by atoms with Crippen molar-refractivity contribution in [3.8, 4) is 0 Å². The fourth-order valence-corrected chi connectivity index (χ4v) is 2.63. The highest BCUT2D eigenvalue weighted by atomic mass is 35.5. The van der Waals surface area contributed by atoms with Crippen LogP contribution in [0.25, 0.3) is 0 Å². The van der Waals surface area contributed by atoms with Crippen molar-refractivity contribution in [3.63, 3.8) is 0 Å². The molecule has 2 aromatic rings. The summed E-state index contributed by atoms with van der Waals surface area (Å²) < 4.78 is 0. The van der Waals surface area contributed by atoms with E-state index < -0.39 is 5.91 Å². The molecule has 6 heteroatoms. The number of primary amides is 1. The maximum atomic E-state index is 12.0. The van der Waals surface area contributed by atoms with E-state index in [1.54, 1.807) is 17.4 Å². The van der Waals surface area contributed by atoms with E-state index in [1.165, 1.54) is 17.7 Å². The normalized spacial score (nSPS) is 10.2. The summed E-state index contributed by atoms with van der Waals surface area (Å²) in [6.07, 6.45) is 0.769. The number of hydrogen-bond donors (Lipinski definition) is 2. The third-order valence-electron chi connectivity index (χ3n) is 2.77. The molecule has 3 N–H and O–H groups in total. The third kappa shape index (κ3) is 3.59. The van der Waals surface area contributed by atoms with Crippen molar-refractivity contribution in [2.45, 2.75) is 6.42 Å². The second-order valence-electron chi connectivity index (χ2n) is 4.20. The molecule has 2 amide bonds. The van der Waals surface area contributed by atoms with Crippen molar-refractivity contribution in [2.24, 2.45) is 5.73 Å². The summed E-state index contributed by atoms with van der Waals surface area (Å²) in [4.78, 5) is 23.1. The molecule has 0 saturated carbocycles. The predicted molar refractivity (Wildman–Crippen MR) is 80.3 cm³/mol. The van der Waals surface area contributed by atoms with Gasteiger partial charge in [0.05, 0.1) is 10.6 Å². The standard InChI is InChI=1S/C14H13ClN2O2S/c15-12-2-1-10(7-11(12)13(16)18)14(19)17-5-3-9-4-6-20-8-9/h1-2,4,6-8H,3,5H2,(H2,16,18)(H,17,19). The Kier molecular flexibility index (Phi) is 4.76. The van der Waals surface area contributed by atoms with E-state index in [0.29, 0.717) is 12.1 Å². The van der Waals surface area contributed by atoms with Crippen molar-refractivity contribution in [1.82, 2.24) is 5.32 Å². The molecule has 0 atom stereocenters. The van der Waals surface area contributed by atoms with E-state index in [2.05, 4.69) is 5.32 Å². The van der Waals surface area contributed by atoms with Gasteiger partial charge in [0.25, 0.3) is 5.91 Å². The zero-order chi connectivity index (χ0) is 14.5. The van der Waals surface area contributed by atoms with E-state index in [0.717, 1.165) is 6.42 Å². The minimum atomic E-state index is -0.650. The van der Waals surface area contributed by atoms with Crippen LogP contribution in [-0.4, -0.2) is 18.4 Å². The number of thiophene rings is 1. The van der Waals surface area contributed by atoms with Crippen LogP contribution in [-0.2, 0) is 6.42 Å². The van der Waals surface area contributed by atoms with Gasteiger partial charge in [0.2, 0.25) is 5.91 Å². The SMILES string of the molecule is NC(=O)c1cc(C(=O)NCCc2ccsc2)ccc1Cl. The summed E-state index contributed by atoms with van der Waals surface area (Å²) in [5, 5.41) is 7.07. The van der Waals surface area contributed by atoms with Crippen molar-refractivity contribution in [2.75, 3.05) is 6.54 Å². The largest absolute Gasteiger partial charge is 0.366 e. The van der Waals surface area contributed by atoms with Crippen molar-refractivity contribution in [3.05, 3.63) is 56.7 Å². The first-order valence-electron chi connectivity index (χ1n) is 5.96. The highest BCUT2D eigenvalue weighted by Crippen LogP contribution is 2.17. The van der Waals surface area contributed by atoms with Crippen LogP contribution in [0.15, 0.2) is 35.0 Å². The number of rotatable bonds is 5. The fraction of sp³-hybridized carbons (Fsp3) is 0.143. The molecule has 2 rings (SSSR count). The Morgan fingerprint density at radius 2 is 2.10 bits per heavy atom. The first-order chi connectivity index (χ1) is 9.58. The van der Waals surface area contributed by atoms with Gasteiger partial charge in [0.1, 0.15) is 0 Å². The molecule has 0 fully saturated rings. The number of amides is 2. The summed E-state index contributed by atoms with van der Waals surface area (Å²) in [6.45, 7) is 0.532. The molecule has 0 saturated heterocycles. The van der Waals surface area contributed by atoms with Crippen LogP contribution in [0.2, 0.25) is 5.02 Å². The number of carbonyl (C=O) groups excluding carboxylic acids is 2. The Bertz CT molecular complexity index is 626. The number of nitrogens with one attached hydrogen (secondary N) is 1. The van der Waals surface area contributed by atoms with Gasteiger partial charge in [-0.05, 0) is 47.0 Å². The van der Waals surface area contributed by atoms with Crippen LogP contribution < -0.4 is 11.1 Å². The molecular formula is C14H13ClN2O2S. The molecular weight excluding hydrogens is 296 g/mol. The number of nitrogens with two attached hydrogens (primary N) is 1. The maximum absolute atomic E-state index is 12.0. The maximum Gasteiger partial charge on any atom is 0.251 e. The van der Waals surface area contributed by atoms with E-state index in [1.807, 2.05) is 16.8 Å². The van der Waals surface area contributed by atoms with Gasteiger partial charge in [-0.2, -0.15) is 11.3 Å². The first kappa shape index (κ1) is 14.6. The lowest BCUT2D eigenvalue weighted by atomic mass is 10.1. The van der Waals surface area contributed by atoms with E-state index in [4.69, 9.17) is 17.3 Å². The minimum absolute atomic E-state index is 0.150. The molecule has 1 heterocycles. The van der Waals surface area contributed by atoms with Crippen LogP contribution in [0.5, 0.6) is 0 Å². The summed E-state index contributed by atoms with van der Waals surface area (Å²) >= 11 is 7.46. The van der Waals surface area contributed by atoms with Gasteiger partial charge in [-0.1, -0.05) is 11.6 Å². The summed E-state index contributed by atoms with van der Waals surface area (Å²) in [5.41, 5.74) is 6.90. The van der Waals surface area contributed by atoms with Crippen molar-refractivity contribution >= 4 is 34.8 Å². The highest BCUT2D eigenvalue weighted by molar-refractivity contribution is 7.07. The van der Waals surface area contributed by atoms with Crippen LogP contribution in [0.3, 0.4) is 0 Å². The van der Waals surface area contributed by atoms with Gasteiger partial charge in [-0.25, -0.2) is 0 Å². The lowest BCUT2D eigenvalue weighted by Crippen LogP contribution is -2.26. The second kappa shape index (κ2) is 6.54. The Morgan fingerprint density at radius 3 is 2.75 bits per heavy atom. The lowest BCUT2D eigenvalue weighted by Gasteiger charge is -2.06. The number of benzene rings is 1. The molecule has 1 aromatic heterocycles. The van der Waals surface area contributed by atoms with Gasteiger partial charge in [-0.3, -0.25) is 9.59 Å². The smallest absolute Gasteiger partial charge is 0.251 e. The monoisotopic (exact) mass is 308 g/mol. The van der Waals surface area contributed by atoms with Gasteiger partial charge in [0.15, 0.2) is 0 Å². The number of hydrogen-bond acceptors (Lipinski definition) is 3. The Morgan fingerprint density at radius 1 is 1.30 bits per heavy atom. The van der Waals surface area contributed by atoms with Gasteiger partial charge >= 0.3 is 0 Å². The van der Waals surface area contributed by atoms with Gasteiger partial charge < -0.3 is 11.1 Å². The van der Waals surface area contributed by atoms with Gasteiger partial charge in [0, 0.05) is 12.1 Å². The van der Waals surface area contributed by atoms with Crippen LogP contribution in [0, 0.1) is 0 Å². The van der Waals surface area contributed by atoms with Gasteiger partial charge in [-0.15, -0.1) is 0 Å². The molecule has 0 aliphatic rings. The molecule has 0 unspecified atom stereocenters. The molecule has 0 spiro atoms. The van der Waals surface area contributed by atoms with E-state index in [9.17, 15) is 9.59 Å². The molecule has 0 radical (unpaired) electrons. The third-order valence-corrected chi connectivity index (χ3v) is 3.83. The molecule has 0 aliphatic carbocycles. The zero-order valence-corrected chi connectivity index (χ0v) is 12.1. The zero-order valence-electron chi connectivity index (χ0n) is 10.6.